The minimum Gasteiger partial charge on any atom is -0.308 e. The van der Waals surface area contributed by atoms with Crippen LogP contribution in [0.25, 0.3) is 0 Å². The van der Waals surface area contributed by atoms with E-state index in [1.165, 1.54) is 30.2 Å². The number of carbonyl (C=O) groups excluding carboxylic acids is 1. The summed E-state index contributed by atoms with van der Waals surface area (Å²) in [6.07, 6.45) is 2.88. The predicted molar refractivity (Wildman–Crippen MR) is 90.6 cm³/mol. The molecular weight excluding hydrogens is 339 g/mol. The number of anilines is 1. The molecule has 0 radical (unpaired) electrons. The van der Waals surface area contributed by atoms with E-state index in [1.54, 1.807) is 18.2 Å². The molecule has 1 aliphatic rings. The second kappa shape index (κ2) is 8.33. The van der Waals surface area contributed by atoms with Crippen molar-refractivity contribution >= 4 is 34.8 Å². The quantitative estimate of drug-likeness (QED) is 0.800. The summed E-state index contributed by atoms with van der Waals surface area (Å²) >= 11 is 1.27. The first kappa shape index (κ1) is 17.8. The lowest BCUT2D eigenvalue weighted by Crippen LogP contribution is -2.29. The van der Waals surface area contributed by atoms with Gasteiger partial charge in [0.25, 0.3) is 0 Å². The highest BCUT2D eigenvalue weighted by Crippen LogP contribution is 2.27. The van der Waals surface area contributed by atoms with E-state index in [4.69, 9.17) is 0 Å². The van der Waals surface area contributed by atoms with Gasteiger partial charge >= 0.3 is 0 Å². The number of halogens is 2. The van der Waals surface area contributed by atoms with E-state index in [9.17, 15) is 9.18 Å². The van der Waals surface area contributed by atoms with Gasteiger partial charge in [0, 0.05) is 6.42 Å². The number of nitrogens with one attached hydrogen (secondary N) is 2. The third-order valence-corrected chi connectivity index (χ3v) is 4.27. The number of carbonyl (C=O) groups is 1. The molecule has 1 aromatic heterocycles. The summed E-state index contributed by atoms with van der Waals surface area (Å²) < 4.78 is 13.6. The van der Waals surface area contributed by atoms with Crippen molar-refractivity contribution in [2.45, 2.75) is 19.3 Å². The Hall–Kier alpha value is -1.57. The zero-order valence-corrected chi connectivity index (χ0v) is 14.1. The largest absolute Gasteiger partial charge is 0.308 e. The standard InChI is InChI=1S/C15H17FN4OS.ClH/c16-12-4-2-1-3-11(12)7-14-19-20-15(22-14)18-13(21)9-17-8-10-5-6-10;/h1-4,10,17H,5-9H2,(H,18,20,21);1H. The molecule has 2 N–H and O–H groups in total. The van der Waals surface area contributed by atoms with E-state index in [-0.39, 0.29) is 30.7 Å². The number of amides is 1. The highest BCUT2D eigenvalue weighted by Gasteiger charge is 2.20. The molecule has 5 nitrogen and oxygen atoms in total. The van der Waals surface area contributed by atoms with Gasteiger partial charge in [-0.1, -0.05) is 29.5 Å². The minimum absolute atomic E-state index is 0. The summed E-state index contributed by atoms with van der Waals surface area (Å²) in [7, 11) is 0. The Bertz CT molecular complexity index is 662. The van der Waals surface area contributed by atoms with Crippen LogP contribution in [0.2, 0.25) is 0 Å². The lowest BCUT2D eigenvalue weighted by atomic mass is 10.1. The Morgan fingerprint density at radius 3 is 2.83 bits per heavy atom. The Morgan fingerprint density at radius 2 is 2.09 bits per heavy atom. The second-order valence-electron chi connectivity index (χ2n) is 5.39. The van der Waals surface area contributed by atoms with Gasteiger partial charge in [0.2, 0.25) is 11.0 Å². The molecule has 3 rings (SSSR count). The van der Waals surface area contributed by atoms with Crippen molar-refractivity contribution in [1.29, 1.82) is 0 Å². The van der Waals surface area contributed by atoms with E-state index in [0.717, 1.165) is 12.5 Å². The van der Waals surface area contributed by atoms with Gasteiger partial charge in [-0.05, 0) is 36.9 Å². The van der Waals surface area contributed by atoms with Gasteiger partial charge in [-0.25, -0.2) is 4.39 Å². The maximum absolute atomic E-state index is 13.6. The molecule has 1 saturated carbocycles. The minimum atomic E-state index is -0.257. The maximum atomic E-state index is 13.6. The molecule has 1 aliphatic carbocycles. The smallest absolute Gasteiger partial charge is 0.240 e. The van der Waals surface area contributed by atoms with Crippen molar-refractivity contribution in [2.75, 3.05) is 18.4 Å². The molecule has 0 atom stereocenters. The van der Waals surface area contributed by atoms with Crippen molar-refractivity contribution in [3.8, 4) is 0 Å². The third kappa shape index (κ3) is 5.53. The van der Waals surface area contributed by atoms with Crippen molar-refractivity contribution in [2.24, 2.45) is 5.92 Å². The lowest BCUT2D eigenvalue weighted by molar-refractivity contribution is -0.115. The van der Waals surface area contributed by atoms with Crippen LogP contribution in [-0.2, 0) is 11.2 Å². The predicted octanol–water partition coefficient (Wildman–Crippen LogP) is 2.63. The molecule has 2 aromatic rings. The Morgan fingerprint density at radius 1 is 1.30 bits per heavy atom. The average molecular weight is 357 g/mol. The van der Waals surface area contributed by atoms with Gasteiger partial charge in [0.1, 0.15) is 10.8 Å². The first-order valence-electron chi connectivity index (χ1n) is 7.27. The lowest BCUT2D eigenvalue weighted by Gasteiger charge is -2.02. The molecular formula is C15H18ClFN4OS. The first-order valence-corrected chi connectivity index (χ1v) is 8.08. The number of nitrogens with zero attached hydrogens (tertiary/aromatic N) is 2. The average Bonchev–Trinajstić information content (AvgIpc) is 3.21. The van der Waals surface area contributed by atoms with Crippen molar-refractivity contribution in [1.82, 2.24) is 15.5 Å². The molecule has 1 fully saturated rings. The Balaban J connectivity index is 0.00000192. The van der Waals surface area contributed by atoms with Gasteiger partial charge < -0.3 is 5.32 Å². The summed E-state index contributed by atoms with van der Waals surface area (Å²) in [5, 5.41) is 14.9. The number of hydrogen-bond acceptors (Lipinski definition) is 5. The molecule has 0 unspecified atom stereocenters. The molecule has 1 amide bonds. The van der Waals surface area contributed by atoms with Crippen LogP contribution in [0.5, 0.6) is 0 Å². The Labute approximate surface area is 144 Å². The van der Waals surface area contributed by atoms with Crippen LogP contribution >= 0.6 is 23.7 Å². The third-order valence-electron chi connectivity index (χ3n) is 3.43. The summed E-state index contributed by atoms with van der Waals surface area (Å²) in [4.78, 5) is 11.7. The maximum Gasteiger partial charge on any atom is 0.240 e. The molecule has 0 bridgehead atoms. The van der Waals surface area contributed by atoms with Crippen molar-refractivity contribution in [3.63, 3.8) is 0 Å². The van der Waals surface area contributed by atoms with E-state index < -0.39 is 0 Å². The fourth-order valence-corrected chi connectivity index (χ4v) is 2.83. The van der Waals surface area contributed by atoms with Crippen LogP contribution in [-0.4, -0.2) is 29.2 Å². The number of rotatable bonds is 7. The monoisotopic (exact) mass is 356 g/mol. The molecule has 0 spiro atoms. The second-order valence-corrected chi connectivity index (χ2v) is 6.45. The van der Waals surface area contributed by atoms with Crippen LogP contribution in [0.3, 0.4) is 0 Å². The van der Waals surface area contributed by atoms with Crippen LogP contribution in [0.15, 0.2) is 24.3 Å². The zero-order chi connectivity index (χ0) is 15.4. The van der Waals surface area contributed by atoms with Crippen LogP contribution in [0, 0.1) is 11.7 Å². The van der Waals surface area contributed by atoms with Crippen LogP contribution in [0.1, 0.15) is 23.4 Å². The van der Waals surface area contributed by atoms with Gasteiger partial charge in [-0.15, -0.1) is 22.6 Å². The molecule has 1 aromatic carbocycles. The fraction of sp³-hybridized carbons (Fsp3) is 0.400. The summed E-state index contributed by atoms with van der Waals surface area (Å²) in [6.45, 7) is 1.17. The summed E-state index contributed by atoms with van der Waals surface area (Å²) in [6, 6.07) is 6.58. The first-order chi connectivity index (χ1) is 10.7. The van der Waals surface area contributed by atoms with Crippen LogP contribution < -0.4 is 10.6 Å². The molecule has 0 aliphatic heterocycles. The van der Waals surface area contributed by atoms with E-state index in [0.29, 0.717) is 22.1 Å². The van der Waals surface area contributed by atoms with Crippen molar-refractivity contribution in [3.05, 3.63) is 40.7 Å². The van der Waals surface area contributed by atoms with E-state index in [2.05, 4.69) is 20.8 Å². The molecule has 0 saturated heterocycles. The topological polar surface area (TPSA) is 66.9 Å². The molecule has 1 heterocycles. The highest BCUT2D eigenvalue weighted by molar-refractivity contribution is 7.15. The molecule has 124 valence electrons. The normalized spacial score (nSPS) is 13.4. The zero-order valence-electron chi connectivity index (χ0n) is 12.4. The Kier molecular flexibility index (Phi) is 6.44. The highest BCUT2D eigenvalue weighted by atomic mass is 35.5. The molecule has 23 heavy (non-hydrogen) atoms. The molecule has 8 heteroatoms. The van der Waals surface area contributed by atoms with Crippen LogP contribution in [0.4, 0.5) is 9.52 Å². The summed E-state index contributed by atoms with van der Waals surface area (Å²) in [5.41, 5.74) is 0.572. The summed E-state index contributed by atoms with van der Waals surface area (Å²) in [5.74, 6) is 0.350. The van der Waals surface area contributed by atoms with Gasteiger partial charge in [0.15, 0.2) is 0 Å². The van der Waals surface area contributed by atoms with Gasteiger partial charge in [-0.2, -0.15) is 0 Å². The van der Waals surface area contributed by atoms with E-state index in [1.807, 2.05) is 0 Å². The fourth-order valence-electron chi connectivity index (χ4n) is 2.06. The van der Waals surface area contributed by atoms with E-state index >= 15 is 0 Å². The number of aromatic nitrogens is 2. The number of hydrogen-bond donors (Lipinski definition) is 2. The van der Waals surface area contributed by atoms with Crippen molar-refractivity contribution < 1.29 is 9.18 Å². The van der Waals surface area contributed by atoms with Gasteiger partial charge in [0.05, 0.1) is 6.54 Å². The number of benzene rings is 1. The van der Waals surface area contributed by atoms with Gasteiger partial charge in [-0.3, -0.25) is 10.1 Å². The SMILES string of the molecule is Cl.O=C(CNCC1CC1)Nc1nnc(Cc2ccccc2F)s1.